The van der Waals surface area contributed by atoms with Crippen LogP contribution in [0.25, 0.3) is 11.1 Å². The van der Waals surface area contributed by atoms with Gasteiger partial charge in [0.05, 0.1) is 18.4 Å². The van der Waals surface area contributed by atoms with Crippen molar-refractivity contribution in [1.82, 2.24) is 4.72 Å². The monoisotopic (exact) mass is 495 g/mol. The largest absolute Gasteiger partial charge is 0.469 e. The van der Waals surface area contributed by atoms with Crippen LogP contribution in [0.4, 0.5) is 0 Å². The quantitative estimate of drug-likeness (QED) is 0.388. The molecule has 2 atom stereocenters. The Morgan fingerprint density at radius 3 is 2.31 bits per heavy atom. The summed E-state index contributed by atoms with van der Waals surface area (Å²) in [5.74, 6) is -0.407. The van der Waals surface area contributed by atoms with E-state index < -0.39 is 22.0 Å². The fraction of sp³-hybridized carbons (Fsp3) is 0.316. The van der Waals surface area contributed by atoms with E-state index in [1.54, 1.807) is 25.1 Å². The highest BCUT2D eigenvalue weighted by atomic mass is 35.5. The number of sulfonamides is 1. The van der Waals surface area contributed by atoms with Gasteiger partial charge < -0.3 is 4.74 Å². The van der Waals surface area contributed by atoms with E-state index in [2.05, 4.69) is 22.1 Å². The molecule has 0 aliphatic heterocycles. The molecule has 2 aromatic carbocycles. The van der Waals surface area contributed by atoms with Crippen LogP contribution in [0, 0.1) is 0 Å². The summed E-state index contributed by atoms with van der Waals surface area (Å²) in [4.78, 5) is 11.4. The van der Waals surface area contributed by atoms with Gasteiger partial charge in [-0.2, -0.15) is 12.6 Å². The van der Waals surface area contributed by atoms with Crippen molar-refractivity contribution in [2.45, 2.75) is 36.0 Å². The van der Waals surface area contributed by atoms with Gasteiger partial charge in [0.15, 0.2) is 0 Å². The van der Waals surface area contributed by atoms with Crippen molar-refractivity contribution in [3.05, 3.63) is 51.5 Å². The Kier molecular flexibility index (Phi) is 8.70. The van der Waals surface area contributed by atoms with Crippen molar-refractivity contribution < 1.29 is 17.9 Å². The highest BCUT2D eigenvalue weighted by molar-refractivity contribution is 7.89. The predicted molar refractivity (Wildman–Crippen MR) is 121 cm³/mol. The second-order valence-corrected chi connectivity index (χ2v) is 10.1. The Labute approximate surface area is 191 Å². The average Bonchev–Trinajstić information content (AvgIpc) is 2.62. The topological polar surface area (TPSA) is 72.5 Å². The van der Waals surface area contributed by atoms with Gasteiger partial charge in [-0.3, -0.25) is 4.79 Å². The summed E-state index contributed by atoms with van der Waals surface area (Å²) in [5.41, 5.74) is 0.786. The predicted octanol–water partition coefficient (Wildman–Crippen LogP) is 5.23. The normalized spacial score (nSPS) is 13.7. The summed E-state index contributed by atoms with van der Waals surface area (Å²) in [6.45, 7) is 1.69. The van der Waals surface area contributed by atoms with Gasteiger partial charge in [0.1, 0.15) is 0 Å². The molecule has 0 aliphatic carbocycles. The van der Waals surface area contributed by atoms with E-state index >= 15 is 0 Å². The molecular formula is C19H20Cl3NO4S2. The number of halogens is 3. The third kappa shape index (κ3) is 6.77. The van der Waals surface area contributed by atoms with Crippen LogP contribution in [0.5, 0.6) is 0 Å². The number of rotatable bonds is 8. The molecule has 0 bridgehead atoms. The zero-order valence-corrected chi connectivity index (χ0v) is 19.6. The van der Waals surface area contributed by atoms with E-state index in [0.717, 1.165) is 0 Å². The first kappa shape index (κ1) is 24.3. The van der Waals surface area contributed by atoms with Gasteiger partial charge in [-0.1, -0.05) is 34.8 Å². The number of hydrogen-bond acceptors (Lipinski definition) is 5. The lowest BCUT2D eigenvalue weighted by Gasteiger charge is -2.19. The molecule has 0 amide bonds. The van der Waals surface area contributed by atoms with Crippen LogP contribution in [0.15, 0.2) is 41.3 Å². The van der Waals surface area contributed by atoms with Gasteiger partial charge in [0, 0.05) is 37.5 Å². The summed E-state index contributed by atoms with van der Waals surface area (Å²) < 4.78 is 33.3. The van der Waals surface area contributed by atoms with Crippen LogP contribution in [-0.4, -0.2) is 32.8 Å². The zero-order valence-electron chi connectivity index (χ0n) is 15.7. The lowest BCUT2D eigenvalue weighted by atomic mass is 10.1. The van der Waals surface area contributed by atoms with Crippen molar-refractivity contribution >= 4 is 63.4 Å². The highest BCUT2D eigenvalue weighted by Gasteiger charge is 2.24. The third-order valence-corrected chi connectivity index (χ3v) is 6.90. The molecule has 0 saturated carbocycles. The minimum atomic E-state index is -3.92. The fourth-order valence-corrected chi connectivity index (χ4v) is 5.28. The SMILES string of the molecule is COC(=O)C[C@H](S)C[C@@H](C)NS(=O)(=O)c1ccc(Cl)cc1-c1cc(Cl)ccc1Cl. The van der Waals surface area contributed by atoms with E-state index in [1.165, 1.54) is 25.3 Å². The number of methoxy groups -OCH3 is 1. The first-order valence-electron chi connectivity index (χ1n) is 8.55. The second kappa shape index (κ2) is 10.4. The molecule has 2 aromatic rings. The molecule has 10 heteroatoms. The van der Waals surface area contributed by atoms with Crippen molar-refractivity contribution in [3.63, 3.8) is 0 Å². The van der Waals surface area contributed by atoms with E-state index in [0.29, 0.717) is 32.6 Å². The standard InChI is InChI=1S/C19H20Cl3NO4S2/c1-11(7-14(28)10-19(24)27-2)23-29(25,26)18-6-4-13(21)9-16(18)15-8-12(20)3-5-17(15)22/h3-6,8-9,11,14,23,28H,7,10H2,1-2H3/t11-,14-/m1/s1. The Bertz CT molecular complexity index is 999. The lowest BCUT2D eigenvalue weighted by molar-refractivity contribution is -0.140. The van der Waals surface area contributed by atoms with Crippen molar-refractivity contribution in [1.29, 1.82) is 0 Å². The Morgan fingerprint density at radius 2 is 1.69 bits per heavy atom. The number of benzene rings is 2. The number of nitrogens with one attached hydrogen (secondary N) is 1. The van der Waals surface area contributed by atoms with Gasteiger partial charge in [-0.25, -0.2) is 13.1 Å². The molecule has 0 aromatic heterocycles. The lowest BCUT2D eigenvalue weighted by Crippen LogP contribution is -2.35. The number of carbonyl (C=O) groups excluding carboxylic acids is 1. The zero-order chi connectivity index (χ0) is 21.8. The Morgan fingerprint density at radius 1 is 1.10 bits per heavy atom. The van der Waals surface area contributed by atoms with Gasteiger partial charge >= 0.3 is 5.97 Å². The van der Waals surface area contributed by atoms with Crippen LogP contribution in [0.3, 0.4) is 0 Å². The molecule has 0 heterocycles. The van der Waals surface area contributed by atoms with Crippen LogP contribution >= 0.6 is 47.4 Å². The molecule has 0 radical (unpaired) electrons. The van der Waals surface area contributed by atoms with Gasteiger partial charge in [-0.15, -0.1) is 0 Å². The van der Waals surface area contributed by atoms with Crippen LogP contribution in [0.2, 0.25) is 15.1 Å². The second-order valence-electron chi connectivity index (χ2n) is 6.46. The van der Waals surface area contributed by atoms with Crippen molar-refractivity contribution in [2.24, 2.45) is 0 Å². The smallest absolute Gasteiger partial charge is 0.306 e. The first-order valence-corrected chi connectivity index (χ1v) is 11.7. The molecule has 5 nitrogen and oxygen atoms in total. The number of carbonyl (C=O) groups is 1. The summed E-state index contributed by atoms with van der Waals surface area (Å²) >= 11 is 22.8. The number of thiol groups is 1. The van der Waals surface area contributed by atoms with E-state index in [1.807, 2.05) is 0 Å². The maximum absolute atomic E-state index is 13.1. The van der Waals surface area contributed by atoms with Crippen LogP contribution in [-0.2, 0) is 19.6 Å². The first-order chi connectivity index (χ1) is 13.5. The number of hydrogen-bond donors (Lipinski definition) is 2. The van der Waals surface area contributed by atoms with E-state index in [4.69, 9.17) is 34.8 Å². The van der Waals surface area contributed by atoms with E-state index in [9.17, 15) is 13.2 Å². The molecule has 0 spiro atoms. The van der Waals surface area contributed by atoms with Gasteiger partial charge in [0.25, 0.3) is 0 Å². The molecule has 0 unspecified atom stereocenters. The highest BCUT2D eigenvalue weighted by Crippen LogP contribution is 2.36. The van der Waals surface area contributed by atoms with E-state index in [-0.39, 0.29) is 16.6 Å². The third-order valence-electron chi connectivity index (χ3n) is 4.06. The van der Waals surface area contributed by atoms with Crippen molar-refractivity contribution in [2.75, 3.05) is 7.11 Å². The molecule has 0 aliphatic rings. The fourth-order valence-electron chi connectivity index (χ4n) is 2.79. The maximum atomic E-state index is 13.1. The number of ether oxygens (including phenoxy) is 1. The molecular weight excluding hydrogens is 477 g/mol. The molecule has 1 N–H and O–H groups in total. The molecule has 0 saturated heterocycles. The molecule has 158 valence electrons. The summed E-state index contributed by atoms with van der Waals surface area (Å²) in [5, 5.41) is 0.758. The molecule has 0 fully saturated rings. The molecule has 29 heavy (non-hydrogen) atoms. The maximum Gasteiger partial charge on any atom is 0.306 e. The number of esters is 1. The summed E-state index contributed by atoms with van der Waals surface area (Å²) in [7, 11) is -2.64. The van der Waals surface area contributed by atoms with Crippen molar-refractivity contribution in [3.8, 4) is 11.1 Å². The minimum absolute atomic E-state index is 0.0154. The Hall–Kier alpha value is -0.960. The van der Waals surface area contributed by atoms with Crippen LogP contribution < -0.4 is 4.72 Å². The van der Waals surface area contributed by atoms with Crippen LogP contribution in [0.1, 0.15) is 19.8 Å². The molecule has 2 rings (SSSR count). The minimum Gasteiger partial charge on any atom is -0.469 e. The average molecular weight is 497 g/mol. The Balaban J connectivity index is 2.33. The summed E-state index contributed by atoms with van der Waals surface area (Å²) in [6.07, 6.45) is 0.411. The van der Waals surface area contributed by atoms with Gasteiger partial charge in [0.2, 0.25) is 10.0 Å². The van der Waals surface area contributed by atoms with Gasteiger partial charge in [-0.05, 0) is 49.7 Å². The summed E-state index contributed by atoms with van der Waals surface area (Å²) in [6, 6.07) is 8.73.